The van der Waals surface area contributed by atoms with Crippen LogP contribution in [0, 0.1) is 5.92 Å². The number of ether oxygens (including phenoxy) is 2. The number of methoxy groups -OCH3 is 1. The maximum Gasteiger partial charge on any atom is 0.317 e. The molecule has 1 aliphatic carbocycles. The van der Waals surface area contributed by atoms with Gasteiger partial charge in [-0.15, -0.1) is 0 Å². The smallest absolute Gasteiger partial charge is 0.317 e. The van der Waals surface area contributed by atoms with Crippen LogP contribution < -0.4 is 4.74 Å². The van der Waals surface area contributed by atoms with Crippen molar-refractivity contribution in [2.45, 2.75) is 19.3 Å². The quantitative estimate of drug-likeness (QED) is 0.604. The minimum absolute atomic E-state index is 0.200. The van der Waals surface area contributed by atoms with Gasteiger partial charge < -0.3 is 9.47 Å². The Kier molecular flexibility index (Phi) is 5.52. The fraction of sp³-hybridized carbons (Fsp3) is 0.273. The normalized spacial score (nSPS) is 19.6. The number of benzene rings is 2. The highest BCUT2D eigenvalue weighted by Crippen LogP contribution is 2.40. The van der Waals surface area contributed by atoms with Crippen LogP contribution in [-0.4, -0.2) is 25.5 Å². The molecule has 0 amide bonds. The summed E-state index contributed by atoms with van der Waals surface area (Å²) in [6.07, 6.45) is 2.20. The molecule has 0 saturated carbocycles. The van der Waals surface area contributed by atoms with Crippen molar-refractivity contribution >= 4 is 17.3 Å². The van der Waals surface area contributed by atoms with Crippen molar-refractivity contribution in [1.82, 2.24) is 0 Å². The van der Waals surface area contributed by atoms with Crippen molar-refractivity contribution < 1.29 is 19.1 Å². The molecule has 2 atom stereocenters. The van der Waals surface area contributed by atoms with Gasteiger partial charge in [-0.1, -0.05) is 42.5 Å². The first kappa shape index (κ1) is 17.9. The van der Waals surface area contributed by atoms with Gasteiger partial charge in [-0.3, -0.25) is 9.59 Å². The van der Waals surface area contributed by atoms with Gasteiger partial charge in [0.2, 0.25) is 0 Å². The summed E-state index contributed by atoms with van der Waals surface area (Å²) in [6, 6.07) is 17.3. The number of carbonyl (C=O) groups excluding carboxylic acids is 2. The van der Waals surface area contributed by atoms with Crippen LogP contribution in [0.2, 0.25) is 0 Å². The van der Waals surface area contributed by atoms with Gasteiger partial charge in [0, 0.05) is 5.92 Å². The Morgan fingerprint density at radius 2 is 1.77 bits per heavy atom. The number of rotatable bonds is 5. The van der Waals surface area contributed by atoms with Gasteiger partial charge in [0.05, 0.1) is 13.7 Å². The Morgan fingerprint density at radius 3 is 2.38 bits per heavy atom. The molecule has 0 bridgehead atoms. The van der Waals surface area contributed by atoms with E-state index in [0.717, 1.165) is 22.4 Å². The monoisotopic (exact) mass is 350 g/mol. The molecule has 0 aliphatic heterocycles. The molecule has 1 aliphatic rings. The number of allylic oxidation sites excluding steroid dienone is 2. The molecule has 2 aromatic carbocycles. The van der Waals surface area contributed by atoms with Crippen molar-refractivity contribution in [3.8, 4) is 5.75 Å². The van der Waals surface area contributed by atoms with Crippen LogP contribution in [0.1, 0.15) is 30.4 Å². The summed E-state index contributed by atoms with van der Waals surface area (Å²) in [7, 11) is 1.61. The van der Waals surface area contributed by atoms with Crippen LogP contribution in [0.3, 0.4) is 0 Å². The van der Waals surface area contributed by atoms with E-state index in [1.807, 2.05) is 54.6 Å². The second kappa shape index (κ2) is 8.00. The summed E-state index contributed by atoms with van der Waals surface area (Å²) in [5, 5.41) is 0. The lowest BCUT2D eigenvalue weighted by Crippen LogP contribution is -2.34. The van der Waals surface area contributed by atoms with E-state index in [0.29, 0.717) is 6.42 Å². The van der Waals surface area contributed by atoms with Gasteiger partial charge >= 0.3 is 5.97 Å². The molecule has 4 nitrogen and oxygen atoms in total. The molecule has 2 aromatic rings. The fourth-order valence-corrected chi connectivity index (χ4v) is 3.40. The molecule has 4 heteroatoms. The Balaban J connectivity index is 2.00. The van der Waals surface area contributed by atoms with Crippen molar-refractivity contribution in [2.75, 3.05) is 13.7 Å². The van der Waals surface area contributed by atoms with E-state index in [1.54, 1.807) is 20.1 Å². The molecule has 0 unspecified atom stereocenters. The first-order chi connectivity index (χ1) is 12.6. The zero-order valence-corrected chi connectivity index (χ0v) is 15.0. The predicted molar refractivity (Wildman–Crippen MR) is 99.9 cm³/mol. The zero-order valence-electron chi connectivity index (χ0n) is 15.0. The van der Waals surface area contributed by atoms with Crippen LogP contribution in [0.25, 0.3) is 5.57 Å². The first-order valence-electron chi connectivity index (χ1n) is 8.74. The van der Waals surface area contributed by atoms with Crippen LogP contribution >= 0.6 is 0 Å². The van der Waals surface area contributed by atoms with Crippen LogP contribution in [-0.2, 0) is 14.3 Å². The van der Waals surface area contributed by atoms with Crippen LogP contribution in [0.5, 0.6) is 5.75 Å². The summed E-state index contributed by atoms with van der Waals surface area (Å²) >= 11 is 0. The molecule has 0 aromatic heterocycles. The fourth-order valence-electron chi connectivity index (χ4n) is 3.40. The third-order valence-electron chi connectivity index (χ3n) is 4.69. The third kappa shape index (κ3) is 3.69. The van der Waals surface area contributed by atoms with Crippen molar-refractivity contribution in [2.24, 2.45) is 5.92 Å². The summed E-state index contributed by atoms with van der Waals surface area (Å²) in [5.41, 5.74) is 2.87. The molecule has 0 radical (unpaired) electrons. The second-order valence-electron chi connectivity index (χ2n) is 6.25. The molecule has 0 N–H and O–H groups in total. The van der Waals surface area contributed by atoms with Gasteiger partial charge in [0.25, 0.3) is 0 Å². The third-order valence-corrected chi connectivity index (χ3v) is 4.69. The van der Waals surface area contributed by atoms with E-state index >= 15 is 0 Å². The van der Waals surface area contributed by atoms with Crippen molar-refractivity contribution in [3.63, 3.8) is 0 Å². The first-order valence-corrected chi connectivity index (χ1v) is 8.74. The summed E-state index contributed by atoms with van der Waals surface area (Å²) in [4.78, 5) is 25.3. The lowest BCUT2D eigenvalue weighted by molar-refractivity contribution is -0.151. The highest BCUT2D eigenvalue weighted by atomic mass is 16.5. The zero-order chi connectivity index (χ0) is 18.5. The largest absolute Gasteiger partial charge is 0.497 e. The van der Waals surface area contributed by atoms with Crippen LogP contribution in [0.15, 0.2) is 60.7 Å². The van der Waals surface area contributed by atoms with Crippen molar-refractivity contribution in [3.05, 3.63) is 71.8 Å². The number of hydrogen-bond donors (Lipinski definition) is 0. The maximum absolute atomic E-state index is 12.8. The second-order valence-corrected chi connectivity index (χ2v) is 6.25. The minimum Gasteiger partial charge on any atom is -0.497 e. The maximum atomic E-state index is 12.8. The number of hydrogen-bond acceptors (Lipinski definition) is 4. The van der Waals surface area contributed by atoms with Gasteiger partial charge in [-0.05, 0) is 48.3 Å². The molecule has 134 valence electrons. The summed E-state index contributed by atoms with van der Waals surface area (Å²) < 4.78 is 10.4. The summed E-state index contributed by atoms with van der Waals surface area (Å²) in [5.74, 6) is -0.984. The van der Waals surface area contributed by atoms with E-state index in [9.17, 15) is 9.59 Å². The summed E-state index contributed by atoms with van der Waals surface area (Å²) in [6.45, 7) is 2.01. The minimum atomic E-state index is -0.809. The molecule has 26 heavy (non-hydrogen) atoms. The number of carbonyl (C=O) groups is 2. The van der Waals surface area contributed by atoms with Gasteiger partial charge in [0.1, 0.15) is 11.7 Å². The molecule has 0 heterocycles. The van der Waals surface area contributed by atoms with Gasteiger partial charge in [0.15, 0.2) is 5.78 Å². The highest BCUT2D eigenvalue weighted by Gasteiger charge is 2.39. The molecule has 3 rings (SSSR count). The Morgan fingerprint density at radius 1 is 1.08 bits per heavy atom. The predicted octanol–water partition coefficient (Wildman–Crippen LogP) is 4.01. The Bertz CT molecular complexity index is 806. The lowest BCUT2D eigenvalue weighted by Gasteiger charge is -2.29. The Labute approximate surface area is 153 Å². The topological polar surface area (TPSA) is 52.6 Å². The highest BCUT2D eigenvalue weighted by molar-refractivity contribution is 6.10. The van der Waals surface area contributed by atoms with Gasteiger partial charge in [-0.25, -0.2) is 0 Å². The standard InChI is InChI=1S/C22H22O4/c1-3-26-22(24)21-19(16-9-11-18(25-2)12-10-16)13-17(14-20(21)23)15-7-5-4-6-8-15/h4-12,14,19,21H,3,13H2,1-2H3/t19-,21+/m1/s1. The van der Waals surface area contributed by atoms with Crippen LogP contribution in [0.4, 0.5) is 0 Å². The van der Waals surface area contributed by atoms with Crippen molar-refractivity contribution in [1.29, 1.82) is 0 Å². The van der Waals surface area contributed by atoms with E-state index in [1.165, 1.54) is 0 Å². The molecule has 0 fully saturated rings. The SMILES string of the molecule is CCOC(=O)[C@@H]1C(=O)C=C(c2ccccc2)C[C@@H]1c1ccc(OC)cc1. The molecule has 0 spiro atoms. The number of ketones is 1. The van der Waals surface area contributed by atoms with E-state index < -0.39 is 11.9 Å². The Hall–Kier alpha value is -2.88. The average molecular weight is 350 g/mol. The van der Waals surface area contributed by atoms with Gasteiger partial charge in [-0.2, -0.15) is 0 Å². The number of esters is 1. The van der Waals surface area contributed by atoms with E-state index in [4.69, 9.17) is 9.47 Å². The van der Waals surface area contributed by atoms with E-state index in [-0.39, 0.29) is 18.3 Å². The average Bonchev–Trinajstić information content (AvgIpc) is 2.68. The molecule has 0 saturated heterocycles. The molecular formula is C22H22O4. The lowest BCUT2D eigenvalue weighted by atomic mass is 9.73. The molecular weight excluding hydrogens is 328 g/mol. The van der Waals surface area contributed by atoms with E-state index in [2.05, 4.69) is 0 Å².